The van der Waals surface area contributed by atoms with Crippen LogP contribution in [0.1, 0.15) is 16.8 Å². The zero-order chi connectivity index (χ0) is 11.9. The molecule has 0 aliphatic rings. The lowest BCUT2D eigenvalue weighted by Crippen LogP contribution is -3.00. The molecule has 0 fully saturated rings. The molecule has 0 saturated carbocycles. The lowest BCUT2D eigenvalue weighted by Gasteiger charge is -1.99. The first-order valence-electron chi connectivity index (χ1n) is 5.32. The van der Waals surface area contributed by atoms with E-state index in [9.17, 15) is 0 Å². The predicted octanol–water partition coefficient (Wildman–Crippen LogP) is -2.11. The van der Waals surface area contributed by atoms with Gasteiger partial charge in [-0.3, -0.25) is 0 Å². The number of hydrogen-bond acceptors (Lipinski definition) is 4. The van der Waals surface area contributed by atoms with E-state index < -0.39 is 0 Å². The summed E-state index contributed by atoms with van der Waals surface area (Å²) < 4.78 is 0. The van der Waals surface area contributed by atoms with E-state index in [1.165, 1.54) is 11.8 Å². The minimum atomic E-state index is 0. The average Bonchev–Trinajstić information content (AvgIpc) is 2.39. The molecule has 0 atom stereocenters. The zero-order valence-corrected chi connectivity index (χ0v) is 10.4. The van der Waals surface area contributed by atoms with Gasteiger partial charge in [0.15, 0.2) is 12.4 Å². The molecule has 0 aliphatic carbocycles. The normalized spacial score (nSPS) is 10.2. The molecule has 0 spiro atoms. The van der Waals surface area contributed by atoms with Crippen LogP contribution in [0, 0.1) is 0 Å². The lowest BCUT2D eigenvalue weighted by atomic mass is 10.1. The summed E-state index contributed by atoms with van der Waals surface area (Å²) in [6, 6.07) is 5.89. The molecule has 0 aromatic carbocycles. The first kappa shape index (κ1) is 14.1. The number of aromatic nitrogens is 3. The number of oxime groups is 1. The van der Waals surface area contributed by atoms with Crippen molar-refractivity contribution in [2.24, 2.45) is 5.16 Å². The van der Waals surface area contributed by atoms with Crippen LogP contribution in [-0.2, 0) is 12.8 Å². The van der Waals surface area contributed by atoms with Crippen LogP contribution in [0.2, 0.25) is 0 Å². The molecular formula is C12H13ClN4O. The Morgan fingerprint density at radius 2 is 2.28 bits per heavy atom. The van der Waals surface area contributed by atoms with Crippen molar-refractivity contribution in [3.8, 4) is 0 Å². The quantitative estimate of drug-likeness (QED) is 0.390. The van der Waals surface area contributed by atoms with Gasteiger partial charge < -0.3 is 17.6 Å². The molecule has 0 bridgehead atoms. The first-order chi connectivity index (χ1) is 8.38. The van der Waals surface area contributed by atoms with Crippen molar-refractivity contribution in [1.29, 1.82) is 0 Å². The monoisotopic (exact) mass is 264 g/mol. The Labute approximate surface area is 111 Å². The van der Waals surface area contributed by atoms with Gasteiger partial charge in [-0.25, -0.2) is 4.98 Å². The molecule has 0 saturated heterocycles. The summed E-state index contributed by atoms with van der Waals surface area (Å²) in [5.41, 5.74) is 2.85. The number of aromatic amines is 1. The maximum atomic E-state index is 8.44. The third kappa shape index (κ3) is 4.10. The Morgan fingerprint density at radius 1 is 1.39 bits per heavy atom. The number of H-pyrrole nitrogens is 1. The highest BCUT2D eigenvalue weighted by Gasteiger charge is 2.00. The Bertz CT molecular complexity index is 504. The number of nitrogens with zero attached hydrogens (tertiary/aromatic N) is 3. The van der Waals surface area contributed by atoms with Crippen LogP contribution in [0.15, 0.2) is 41.9 Å². The van der Waals surface area contributed by atoms with Gasteiger partial charge in [0.2, 0.25) is 0 Å². The second kappa shape index (κ2) is 7.34. The van der Waals surface area contributed by atoms with Gasteiger partial charge in [0, 0.05) is 17.2 Å². The number of hydrogen-bond donors (Lipinski definition) is 1. The van der Waals surface area contributed by atoms with Gasteiger partial charge in [-0.1, -0.05) is 5.16 Å². The van der Waals surface area contributed by atoms with E-state index in [1.54, 1.807) is 6.20 Å². The van der Waals surface area contributed by atoms with Crippen molar-refractivity contribution in [2.75, 3.05) is 0 Å². The van der Waals surface area contributed by atoms with Crippen molar-refractivity contribution in [3.05, 3.63) is 53.6 Å². The van der Waals surface area contributed by atoms with Crippen LogP contribution >= 0.6 is 0 Å². The Kier molecular flexibility index (Phi) is 5.73. The number of halogens is 1. The maximum Gasteiger partial charge on any atom is 0.170 e. The molecule has 2 aromatic rings. The van der Waals surface area contributed by atoms with Gasteiger partial charge in [-0.2, -0.15) is 10.2 Å². The SMILES string of the molecule is O/N=C/c1cnnc(CCc2ccc[nH+]c2)c1.[Cl-]. The Hall–Kier alpha value is -2.01. The molecule has 6 heteroatoms. The van der Waals surface area contributed by atoms with Crippen molar-refractivity contribution < 1.29 is 22.6 Å². The van der Waals surface area contributed by atoms with Crippen LogP contribution in [0.5, 0.6) is 0 Å². The zero-order valence-electron chi connectivity index (χ0n) is 9.62. The van der Waals surface area contributed by atoms with Crippen molar-refractivity contribution >= 4 is 6.21 Å². The van der Waals surface area contributed by atoms with E-state index in [1.807, 2.05) is 24.5 Å². The van der Waals surface area contributed by atoms with Crippen LogP contribution < -0.4 is 17.4 Å². The number of aryl methyl sites for hydroxylation is 2. The molecule has 2 aromatic heterocycles. The number of nitrogens with one attached hydrogen (secondary N) is 1. The summed E-state index contributed by atoms with van der Waals surface area (Å²) in [6.45, 7) is 0. The van der Waals surface area contributed by atoms with E-state index in [4.69, 9.17) is 5.21 Å². The molecule has 2 heterocycles. The largest absolute Gasteiger partial charge is 1.00 e. The summed E-state index contributed by atoms with van der Waals surface area (Å²) >= 11 is 0. The minimum Gasteiger partial charge on any atom is -1.00 e. The molecule has 2 rings (SSSR count). The smallest absolute Gasteiger partial charge is 0.170 e. The molecule has 0 radical (unpaired) electrons. The second-order valence-electron chi connectivity index (χ2n) is 3.64. The second-order valence-corrected chi connectivity index (χ2v) is 3.64. The number of pyridine rings is 1. The molecular weight excluding hydrogens is 252 g/mol. The van der Waals surface area contributed by atoms with Crippen LogP contribution in [0.25, 0.3) is 0 Å². The van der Waals surface area contributed by atoms with Gasteiger partial charge in [-0.15, -0.1) is 0 Å². The topological polar surface area (TPSA) is 72.5 Å². The molecule has 0 unspecified atom stereocenters. The van der Waals surface area contributed by atoms with Gasteiger partial charge in [-0.05, 0) is 25.0 Å². The minimum absolute atomic E-state index is 0. The molecule has 5 nitrogen and oxygen atoms in total. The molecule has 94 valence electrons. The average molecular weight is 265 g/mol. The molecule has 0 aliphatic heterocycles. The molecule has 2 N–H and O–H groups in total. The third-order valence-electron chi connectivity index (χ3n) is 2.37. The predicted molar refractivity (Wildman–Crippen MR) is 61.8 cm³/mol. The lowest BCUT2D eigenvalue weighted by molar-refractivity contribution is -0.378. The fourth-order valence-corrected chi connectivity index (χ4v) is 1.55. The highest BCUT2D eigenvalue weighted by molar-refractivity contribution is 5.78. The van der Waals surface area contributed by atoms with Crippen molar-refractivity contribution in [1.82, 2.24) is 10.2 Å². The van der Waals surface area contributed by atoms with E-state index >= 15 is 0 Å². The maximum absolute atomic E-state index is 8.44. The van der Waals surface area contributed by atoms with Crippen molar-refractivity contribution in [3.63, 3.8) is 0 Å². The van der Waals surface area contributed by atoms with Gasteiger partial charge in [0.1, 0.15) is 0 Å². The fraction of sp³-hybridized carbons (Fsp3) is 0.167. The Morgan fingerprint density at radius 3 is 3.00 bits per heavy atom. The van der Waals surface area contributed by atoms with Gasteiger partial charge in [0.05, 0.1) is 18.1 Å². The summed E-state index contributed by atoms with van der Waals surface area (Å²) in [5, 5.41) is 19.3. The van der Waals surface area contributed by atoms with E-state index in [2.05, 4.69) is 26.4 Å². The third-order valence-corrected chi connectivity index (χ3v) is 2.37. The summed E-state index contributed by atoms with van der Waals surface area (Å²) in [6.07, 6.45) is 8.44. The summed E-state index contributed by atoms with van der Waals surface area (Å²) in [5.74, 6) is 0. The van der Waals surface area contributed by atoms with Crippen LogP contribution in [0.4, 0.5) is 0 Å². The summed E-state index contributed by atoms with van der Waals surface area (Å²) in [7, 11) is 0. The Balaban J connectivity index is 0.00000162. The van der Waals surface area contributed by atoms with Gasteiger partial charge in [0.25, 0.3) is 0 Å². The van der Waals surface area contributed by atoms with E-state index in [-0.39, 0.29) is 12.4 Å². The van der Waals surface area contributed by atoms with Crippen LogP contribution in [-0.4, -0.2) is 21.6 Å². The molecule has 18 heavy (non-hydrogen) atoms. The fourth-order valence-electron chi connectivity index (χ4n) is 1.55. The van der Waals surface area contributed by atoms with Gasteiger partial charge >= 0.3 is 0 Å². The highest BCUT2D eigenvalue weighted by atomic mass is 35.5. The number of rotatable bonds is 4. The van der Waals surface area contributed by atoms with E-state index in [0.29, 0.717) is 0 Å². The van der Waals surface area contributed by atoms with E-state index in [0.717, 1.165) is 24.1 Å². The van der Waals surface area contributed by atoms with Crippen LogP contribution in [0.3, 0.4) is 0 Å². The molecule has 0 amide bonds. The van der Waals surface area contributed by atoms with Crippen molar-refractivity contribution in [2.45, 2.75) is 12.8 Å². The standard InChI is InChI=1S/C12H12N4O.ClH/c17-15-9-11-6-12(16-14-8-11)4-3-10-2-1-5-13-7-10;/h1-2,5-9,17H,3-4H2;1H/b15-9+;. The summed E-state index contributed by atoms with van der Waals surface area (Å²) in [4.78, 5) is 3.04. The first-order valence-corrected chi connectivity index (χ1v) is 5.32. The highest BCUT2D eigenvalue weighted by Crippen LogP contribution is 2.03.